The number of hydrogen-bond donors (Lipinski definition) is 2. The number of thiophene rings is 1. The number of rotatable bonds is 5. The normalized spacial score (nSPS) is 16.8. The second-order valence-corrected chi connectivity index (χ2v) is 6.87. The summed E-state index contributed by atoms with van der Waals surface area (Å²) in [5, 5.41) is 13.3. The van der Waals surface area contributed by atoms with Crippen LogP contribution in [0.5, 0.6) is 0 Å². The zero-order chi connectivity index (χ0) is 17.3. The Bertz CT molecular complexity index is 744. The van der Waals surface area contributed by atoms with Gasteiger partial charge in [0.1, 0.15) is 21.9 Å². The SMILES string of the molecule is Cc1c(C(=O)O)sc2ncnc(NC3CCN(CC(F)F)CC3)c12. The van der Waals surface area contributed by atoms with Crippen LogP contribution in [-0.2, 0) is 0 Å². The molecule has 0 aromatic carbocycles. The number of carbonyl (C=O) groups is 1. The summed E-state index contributed by atoms with van der Waals surface area (Å²) >= 11 is 1.13. The minimum absolute atomic E-state index is 0.129. The van der Waals surface area contributed by atoms with Crippen molar-refractivity contribution in [2.24, 2.45) is 0 Å². The molecule has 2 N–H and O–H groups in total. The number of likely N-dealkylation sites (tertiary alicyclic amines) is 1. The topological polar surface area (TPSA) is 78.3 Å². The predicted octanol–water partition coefficient (Wildman–Crippen LogP) is 2.84. The molecule has 2 aromatic heterocycles. The van der Waals surface area contributed by atoms with Crippen molar-refractivity contribution in [2.45, 2.75) is 32.2 Å². The van der Waals surface area contributed by atoms with Crippen LogP contribution in [0.3, 0.4) is 0 Å². The summed E-state index contributed by atoms with van der Waals surface area (Å²) in [5.74, 6) is -0.352. The molecule has 0 bridgehead atoms. The molecule has 0 spiro atoms. The van der Waals surface area contributed by atoms with E-state index in [1.54, 1.807) is 11.8 Å². The molecule has 0 radical (unpaired) electrons. The van der Waals surface area contributed by atoms with Crippen LogP contribution in [0.4, 0.5) is 14.6 Å². The maximum atomic E-state index is 12.4. The second kappa shape index (κ2) is 6.94. The number of nitrogens with zero attached hydrogens (tertiary/aromatic N) is 3. The third kappa shape index (κ3) is 3.46. The zero-order valence-electron chi connectivity index (χ0n) is 13.1. The average molecular weight is 356 g/mol. The average Bonchev–Trinajstić information content (AvgIpc) is 2.87. The molecular weight excluding hydrogens is 338 g/mol. The number of piperidine rings is 1. The Labute approximate surface area is 141 Å². The first-order valence-electron chi connectivity index (χ1n) is 7.70. The lowest BCUT2D eigenvalue weighted by Gasteiger charge is -2.32. The summed E-state index contributed by atoms with van der Waals surface area (Å²) in [4.78, 5) is 22.4. The molecule has 0 aliphatic carbocycles. The summed E-state index contributed by atoms with van der Waals surface area (Å²) in [6.07, 6.45) is 0.595. The van der Waals surface area contributed by atoms with E-state index in [0.29, 0.717) is 29.3 Å². The summed E-state index contributed by atoms with van der Waals surface area (Å²) in [7, 11) is 0. The summed E-state index contributed by atoms with van der Waals surface area (Å²) in [6, 6.07) is 0.129. The number of nitrogens with one attached hydrogen (secondary N) is 1. The molecule has 0 amide bonds. The van der Waals surface area contributed by atoms with Gasteiger partial charge in [-0.05, 0) is 25.3 Å². The third-order valence-electron chi connectivity index (χ3n) is 4.25. The van der Waals surface area contributed by atoms with Crippen LogP contribution in [0.1, 0.15) is 28.1 Å². The van der Waals surface area contributed by atoms with E-state index < -0.39 is 12.4 Å². The van der Waals surface area contributed by atoms with E-state index in [1.165, 1.54) is 6.33 Å². The highest BCUT2D eigenvalue weighted by molar-refractivity contribution is 7.20. The quantitative estimate of drug-likeness (QED) is 0.858. The van der Waals surface area contributed by atoms with Crippen LogP contribution in [0.15, 0.2) is 6.33 Å². The molecule has 1 saturated heterocycles. The molecule has 2 aromatic rings. The Morgan fingerprint density at radius 3 is 2.79 bits per heavy atom. The van der Waals surface area contributed by atoms with E-state index in [9.17, 15) is 18.7 Å². The maximum absolute atomic E-state index is 12.4. The van der Waals surface area contributed by atoms with Crippen molar-refractivity contribution in [2.75, 3.05) is 25.0 Å². The minimum atomic E-state index is -2.31. The number of aromatic carboxylic acids is 1. The lowest BCUT2D eigenvalue weighted by atomic mass is 10.0. The fourth-order valence-corrected chi connectivity index (χ4v) is 4.02. The third-order valence-corrected chi connectivity index (χ3v) is 5.43. The Hall–Kier alpha value is -1.87. The molecule has 0 atom stereocenters. The van der Waals surface area contributed by atoms with E-state index in [0.717, 1.165) is 29.6 Å². The van der Waals surface area contributed by atoms with E-state index in [2.05, 4.69) is 15.3 Å². The van der Waals surface area contributed by atoms with E-state index in [1.807, 2.05) is 0 Å². The van der Waals surface area contributed by atoms with E-state index in [-0.39, 0.29) is 17.5 Å². The van der Waals surface area contributed by atoms with Gasteiger partial charge in [-0.15, -0.1) is 11.3 Å². The molecular formula is C15H18F2N4O2S. The van der Waals surface area contributed by atoms with Crippen LogP contribution < -0.4 is 5.32 Å². The van der Waals surface area contributed by atoms with Crippen molar-refractivity contribution in [3.05, 3.63) is 16.8 Å². The Kier molecular flexibility index (Phi) is 4.91. The minimum Gasteiger partial charge on any atom is -0.477 e. The molecule has 1 aliphatic heterocycles. The molecule has 1 fully saturated rings. The standard InChI is InChI=1S/C15H18F2N4O2S/c1-8-11-13(18-7-19-14(11)24-12(8)15(22)23)20-9-2-4-21(5-3-9)6-10(16)17/h7,9-10H,2-6H2,1H3,(H,22,23)(H,18,19,20). The molecule has 24 heavy (non-hydrogen) atoms. The van der Waals surface area contributed by atoms with Gasteiger partial charge in [-0.25, -0.2) is 23.5 Å². The van der Waals surface area contributed by atoms with E-state index >= 15 is 0 Å². The fraction of sp³-hybridized carbons (Fsp3) is 0.533. The van der Waals surface area contributed by atoms with Gasteiger partial charge < -0.3 is 10.4 Å². The summed E-state index contributed by atoms with van der Waals surface area (Å²) in [6.45, 7) is 2.79. The molecule has 130 valence electrons. The van der Waals surface area contributed by atoms with Crippen molar-refractivity contribution < 1.29 is 18.7 Å². The van der Waals surface area contributed by atoms with Gasteiger partial charge >= 0.3 is 5.97 Å². The van der Waals surface area contributed by atoms with Gasteiger partial charge in [0.05, 0.1) is 11.9 Å². The molecule has 9 heteroatoms. The number of anilines is 1. The smallest absolute Gasteiger partial charge is 0.346 e. The lowest BCUT2D eigenvalue weighted by Crippen LogP contribution is -2.41. The number of hydrogen-bond acceptors (Lipinski definition) is 6. The van der Waals surface area contributed by atoms with Gasteiger partial charge in [0.2, 0.25) is 0 Å². The van der Waals surface area contributed by atoms with Crippen LogP contribution in [-0.4, -0.2) is 58.0 Å². The molecule has 3 rings (SSSR count). The van der Waals surface area contributed by atoms with Crippen molar-refractivity contribution in [1.29, 1.82) is 0 Å². The number of carboxylic acid groups (broad SMARTS) is 1. The van der Waals surface area contributed by atoms with Crippen molar-refractivity contribution >= 4 is 33.3 Å². The zero-order valence-corrected chi connectivity index (χ0v) is 13.9. The number of fused-ring (bicyclic) bond motifs is 1. The molecule has 0 saturated carbocycles. The largest absolute Gasteiger partial charge is 0.477 e. The van der Waals surface area contributed by atoms with Gasteiger partial charge in [-0.1, -0.05) is 0 Å². The predicted molar refractivity (Wildman–Crippen MR) is 88.2 cm³/mol. The molecule has 6 nitrogen and oxygen atoms in total. The van der Waals surface area contributed by atoms with Crippen LogP contribution in [0.25, 0.3) is 10.2 Å². The van der Waals surface area contributed by atoms with Crippen molar-refractivity contribution in [3.63, 3.8) is 0 Å². The molecule has 0 unspecified atom stereocenters. The number of aryl methyl sites for hydroxylation is 1. The summed E-state index contributed by atoms with van der Waals surface area (Å²) in [5.41, 5.74) is 0.653. The number of halogens is 2. The molecule has 1 aliphatic rings. The second-order valence-electron chi connectivity index (χ2n) is 5.87. The highest BCUT2D eigenvalue weighted by Gasteiger charge is 2.24. The Morgan fingerprint density at radius 1 is 1.46 bits per heavy atom. The van der Waals surface area contributed by atoms with Gasteiger partial charge in [-0.3, -0.25) is 4.90 Å². The first-order valence-corrected chi connectivity index (χ1v) is 8.51. The highest BCUT2D eigenvalue weighted by atomic mass is 32.1. The lowest BCUT2D eigenvalue weighted by molar-refractivity contribution is 0.0701. The van der Waals surface area contributed by atoms with Gasteiger partial charge in [0.25, 0.3) is 6.43 Å². The van der Waals surface area contributed by atoms with E-state index in [4.69, 9.17) is 0 Å². The fourth-order valence-electron chi connectivity index (χ4n) is 3.03. The van der Waals surface area contributed by atoms with Gasteiger partial charge in [0, 0.05) is 19.1 Å². The van der Waals surface area contributed by atoms with Crippen LogP contribution >= 0.6 is 11.3 Å². The van der Waals surface area contributed by atoms with Gasteiger partial charge in [0.15, 0.2) is 0 Å². The summed E-state index contributed by atoms with van der Waals surface area (Å²) < 4.78 is 24.9. The maximum Gasteiger partial charge on any atom is 0.346 e. The van der Waals surface area contributed by atoms with Crippen molar-refractivity contribution in [1.82, 2.24) is 14.9 Å². The number of carboxylic acids is 1. The number of alkyl halides is 2. The Morgan fingerprint density at radius 2 is 2.17 bits per heavy atom. The Balaban J connectivity index is 1.75. The first kappa shape index (κ1) is 17.0. The highest BCUT2D eigenvalue weighted by Crippen LogP contribution is 2.33. The first-order chi connectivity index (χ1) is 11.5. The van der Waals surface area contributed by atoms with Crippen LogP contribution in [0, 0.1) is 6.92 Å². The van der Waals surface area contributed by atoms with Crippen LogP contribution in [0.2, 0.25) is 0 Å². The monoisotopic (exact) mass is 356 g/mol. The van der Waals surface area contributed by atoms with Crippen molar-refractivity contribution in [3.8, 4) is 0 Å². The molecule has 3 heterocycles. The number of aromatic nitrogens is 2. The van der Waals surface area contributed by atoms with Gasteiger partial charge in [-0.2, -0.15) is 0 Å².